The van der Waals surface area contributed by atoms with Gasteiger partial charge in [-0.05, 0) is 54.3 Å². The number of rotatable bonds is 6. The highest BCUT2D eigenvalue weighted by Crippen LogP contribution is 2.34. The Balaban J connectivity index is 1.24. The number of nitrogens with one attached hydrogen (secondary N) is 2. The van der Waals surface area contributed by atoms with Crippen LogP contribution in [0.2, 0.25) is 0 Å². The van der Waals surface area contributed by atoms with E-state index in [2.05, 4.69) is 16.4 Å². The Labute approximate surface area is 192 Å². The van der Waals surface area contributed by atoms with Crippen molar-refractivity contribution in [1.29, 1.82) is 0 Å². The van der Waals surface area contributed by atoms with Crippen molar-refractivity contribution in [3.05, 3.63) is 89.1 Å². The van der Waals surface area contributed by atoms with E-state index in [1.807, 2.05) is 67.6 Å². The summed E-state index contributed by atoms with van der Waals surface area (Å²) in [5, 5.41) is 4.13. The van der Waals surface area contributed by atoms with Crippen molar-refractivity contribution in [3.63, 3.8) is 0 Å². The van der Waals surface area contributed by atoms with E-state index in [4.69, 9.17) is 4.74 Å². The van der Waals surface area contributed by atoms with E-state index in [-0.39, 0.29) is 17.8 Å². The number of H-pyrrole nitrogens is 1. The number of carbonyl (C=O) groups excluding carboxylic acids is 2. The van der Waals surface area contributed by atoms with Crippen molar-refractivity contribution in [3.8, 4) is 16.9 Å². The van der Waals surface area contributed by atoms with Crippen LogP contribution in [-0.2, 0) is 17.6 Å². The van der Waals surface area contributed by atoms with Crippen LogP contribution >= 0.6 is 0 Å². The van der Waals surface area contributed by atoms with Crippen molar-refractivity contribution in [1.82, 2.24) is 10.3 Å². The number of benzene rings is 3. The molecule has 0 spiro atoms. The molecule has 1 aliphatic heterocycles. The number of aromatic nitrogens is 1. The van der Waals surface area contributed by atoms with Crippen LogP contribution in [0.25, 0.3) is 22.0 Å². The van der Waals surface area contributed by atoms with E-state index < -0.39 is 0 Å². The molecule has 5 heteroatoms. The molecule has 0 radical (unpaired) electrons. The van der Waals surface area contributed by atoms with Crippen LogP contribution in [0.4, 0.5) is 0 Å². The maximum absolute atomic E-state index is 12.7. The van der Waals surface area contributed by atoms with E-state index in [0.717, 1.165) is 51.0 Å². The number of ketones is 1. The maximum Gasteiger partial charge on any atom is 0.224 e. The summed E-state index contributed by atoms with van der Waals surface area (Å²) in [6.45, 7) is 4.04. The molecule has 0 bridgehead atoms. The molecule has 1 atom stereocenters. The van der Waals surface area contributed by atoms with Crippen LogP contribution in [0.3, 0.4) is 0 Å². The topological polar surface area (TPSA) is 71.2 Å². The fraction of sp³-hybridized carbons (Fsp3) is 0.214. The van der Waals surface area contributed by atoms with Gasteiger partial charge in [-0.15, -0.1) is 0 Å². The van der Waals surface area contributed by atoms with Gasteiger partial charge in [-0.2, -0.15) is 0 Å². The fourth-order valence-corrected chi connectivity index (χ4v) is 4.66. The Bertz CT molecular complexity index is 1370. The molecule has 0 saturated carbocycles. The average molecular weight is 439 g/mol. The Kier molecular flexibility index (Phi) is 5.47. The normalized spacial score (nSPS) is 14.7. The highest BCUT2D eigenvalue weighted by molar-refractivity contribution is 6.00. The standard InChI is InChI=1S/C28H26N2O3/c1-17-25(24-9-5-6-10-26(24)30-17)15-28(32)29-16-21-14-20-13-19(11-12-27(20)33-21)23-8-4-3-7-22(23)18(2)31/h3-13,21,30H,14-16H2,1-2H3,(H,29,32). The molecule has 166 valence electrons. The minimum atomic E-state index is -0.105. The lowest BCUT2D eigenvalue weighted by molar-refractivity contribution is -0.120. The molecular weight excluding hydrogens is 412 g/mol. The zero-order chi connectivity index (χ0) is 22.9. The van der Waals surface area contributed by atoms with Crippen LogP contribution in [0.1, 0.15) is 34.1 Å². The Hall–Kier alpha value is -3.86. The number of para-hydroxylation sites is 1. The maximum atomic E-state index is 12.7. The fourth-order valence-electron chi connectivity index (χ4n) is 4.66. The highest BCUT2D eigenvalue weighted by Gasteiger charge is 2.24. The zero-order valence-electron chi connectivity index (χ0n) is 18.8. The molecule has 1 unspecified atom stereocenters. The van der Waals surface area contributed by atoms with Crippen molar-refractivity contribution in [2.75, 3.05) is 6.54 Å². The van der Waals surface area contributed by atoms with Crippen LogP contribution in [0.5, 0.6) is 5.75 Å². The smallest absolute Gasteiger partial charge is 0.224 e. The van der Waals surface area contributed by atoms with Gasteiger partial charge in [0, 0.05) is 28.6 Å². The number of aromatic amines is 1. The van der Waals surface area contributed by atoms with Gasteiger partial charge in [0.05, 0.1) is 13.0 Å². The molecular formula is C28H26N2O3. The third-order valence-electron chi connectivity index (χ3n) is 6.31. The molecule has 0 fully saturated rings. The third-order valence-corrected chi connectivity index (χ3v) is 6.31. The Morgan fingerprint density at radius 1 is 1.06 bits per heavy atom. The van der Waals surface area contributed by atoms with Gasteiger partial charge in [-0.25, -0.2) is 0 Å². The molecule has 1 aromatic heterocycles. The van der Waals surface area contributed by atoms with Crippen LogP contribution in [0.15, 0.2) is 66.7 Å². The summed E-state index contributed by atoms with van der Waals surface area (Å²) in [5.41, 5.74) is 6.85. The largest absolute Gasteiger partial charge is 0.488 e. The van der Waals surface area contributed by atoms with Crippen molar-refractivity contribution < 1.29 is 14.3 Å². The van der Waals surface area contributed by atoms with Gasteiger partial charge in [0.1, 0.15) is 11.9 Å². The van der Waals surface area contributed by atoms with E-state index in [0.29, 0.717) is 18.5 Å². The second-order valence-electron chi connectivity index (χ2n) is 8.62. The molecule has 1 aliphatic rings. The quantitative estimate of drug-likeness (QED) is 0.416. The van der Waals surface area contributed by atoms with Gasteiger partial charge >= 0.3 is 0 Å². The first-order valence-corrected chi connectivity index (χ1v) is 11.2. The Morgan fingerprint density at radius 2 is 1.85 bits per heavy atom. The van der Waals surface area contributed by atoms with E-state index in [1.165, 1.54) is 0 Å². The van der Waals surface area contributed by atoms with E-state index in [9.17, 15) is 9.59 Å². The molecule has 5 nitrogen and oxygen atoms in total. The predicted molar refractivity (Wildman–Crippen MR) is 130 cm³/mol. The molecule has 0 saturated heterocycles. The summed E-state index contributed by atoms with van der Waals surface area (Å²) in [7, 11) is 0. The second-order valence-corrected chi connectivity index (χ2v) is 8.62. The molecule has 2 heterocycles. The molecule has 5 rings (SSSR count). The van der Waals surface area contributed by atoms with Gasteiger partial charge in [0.2, 0.25) is 5.91 Å². The van der Waals surface area contributed by atoms with Crippen molar-refractivity contribution in [2.24, 2.45) is 0 Å². The summed E-state index contributed by atoms with van der Waals surface area (Å²) >= 11 is 0. The lowest BCUT2D eigenvalue weighted by Crippen LogP contribution is -2.35. The average Bonchev–Trinajstić information content (AvgIpc) is 3.37. The monoisotopic (exact) mass is 438 g/mol. The zero-order valence-corrected chi connectivity index (χ0v) is 18.8. The molecule has 4 aromatic rings. The van der Waals surface area contributed by atoms with Gasteiger partial charge in [0.25, 0.3) is 0 Å². The van der Waals surface area contributed by atoms with Gasteiger partial charge in [-0.3, -0.25) is 9.59 Å². The summed E-state index contributed by atoms with van der Waals surface area (Å²) < 4.78 is 6.07. The minimum Gasteiger partial charge on any atom is -0.488 e. The molecule has 33 heavy (non-hydrogen) atoms. The van der Waals surface area contributed by atoms with Crippen LogP contribution in [0, 0.1) is 6.92 Å². The summed E-state index contributed by atoms with van der Waals surface area (Å²) in [6.07, 6.45) is 0.950. The summed E-state index contributed by atoms with van der Waals surface area (Å²) in [5.74, 6) is 0.873. The number of hydrogen-bond acceptors (Lipinski definition) is 3. The van der Waals surface area contributed by atoms with E-state index in [1.54, 1.807) is 6.92 Å². The van der Waals surface area contributed by atoms with Gasteiger partial charge < -0.3 is 15.0 Å². The number of amides is 1. The SMILES string of the molecule is CC(=O)c1ccccc1-c1ccc2c(c1)CC(CNC(=O)Cc1c(C)[nH]c3ccccc13)O2. The van der Waals surface area contributed by atoms with Gasteiger partial charge in [0.15, 0.2) is 5.78 Å². The van der Waals surface area contributed by atoms with Crippen molar-refractivity contribution >= 4 is 22.6 Å². The minimum absolute atomic E-state index is 0.0153. The first-order valence-electron chi connectivity index (χ1n) is 11.2. The van der Waals surface area contributed by atoms with E-state index >= 15 is 0 Å². The summed E-state index contributed by atoms with van der Waals surface area (Å²) in [4.78, 5) is 28.0. The predicted octanol–water partition coefficient (Wildman–Crippen LogP) is 5.01. The molecule has 2 N–H and O–H groups in total. The lowest BCUT2D eigenvalue weighted by atomic mass is 9.95. The number of fused-ring (bicyclic) bond motifs is 2. The number of Topliss-reactive ketones (excluding diaryl/α,β-unsaturated/α-hetero) is 1. The summed E-state index contributed by atoms with van der Waals surface area (Å²) in [6, 6.07) is 21.7. The first-order chi connectivity index (χ1) is 16.0. The highest BCUT2D eigenvalue weighted by atomic mass is 16.5. The molecule has 1 amide bonds. The van der Waals surface area contributed by atoms with Gasteiger partial charge in [-0.1, -0.05) is 48.5 Å². The number of hydrogen-bond donors (Lipinski definition) is 2. The molecule has 0 aliphatic carbocycles. The number of ether oxygens (including phenoxy) is 1. The lowest BCUT2D eigenvalue weighted by Gasteiger charge is -2.12. The Morgan fingerprint density at radius 3 is 2.70 bits per heavy atom. The van der Waals surface area contributed by atoms with Crippen LogP contribution in [-0.4, -0.2) is 29.3 Å². The first kappa shape index (κ1) is 21.0. The third kappa shape index (κ3) is 4.14. The number of carbonyl (C=O) groups is 2. The second kappa shape index (κ2) is 8.58. The van der Waals surface area contributed by atoms with Crippen LogP contribution < -0.4 is 10.1 Å². The number of aryl methyl sites for hydroxylation is 1. The molecule has 3 aromatic carbocycles. The van der Waals surface area contributed by atoms with Crippen molar-refractivity contribution in [2.45, 2.75) is 32.8 Å².